The van der Waals surface area contributed by atoms with Gasteiger partial charge in [-0.2, -0.15) is 0 Å². The lowest BCUT2D eigenvalue weighted by Crippen LogP contribution is -2.30. The lowest BCUT2D eigenvalue weighted by Gasteiger charge is -2.26. The van der Waals surface area contributed by atoms with E-state index in [2.05, 4.69) is 17.0 Å². The highest BCUT2D eigenvalue weighted by atomic mass is 35.5. The number of carboxylic acids is 1. The zero-order chi connectivity index (χ0) is 14.1. The molecule has 4 heteroatoms. The summed E-state index contributed by atoms with van der Waals surface area (Å²) in [6, 6.07) is 6.66. The number of nitrogens with zero attached hydrogens (tertiary/aromatic N) is 1. The van der Waals surface area contributed by atoms with E-state index in [0.29, 0.717) is 6.04 Å². The van der Waals surface area contributed by atoms with Crippen molar-refractivity contribution in [2.45, 2.75) is 51.2 Å². The average molecular weight is 294 g/mol. The van der Waals surface area contributed by atoms with Crippen LogP contribution >= 0.6 is 11.6 Å². The largest absolute Gasteiger partial charge is 0.481 e. The molecule has 0 aromatic heterocycles. The highest BCUT2D eigenvalue weighted by molar-refractivity contribution is 6.30. The zero-order valence-corrected chi connectivity index (χ0v) is 12.3. The number of benzene rings is 1. The van der Waals surface area contributed by atoms with Crippen molar-refractivity contribution >= 4 is 17.6 Å². The van der Waals surface area contributed by atoms with Gasteiger partial charge in [0, 0.05) is 24.2 Å². The second kappa shape index (κ2) is 5.74. The Morgan fingerprint density at radius 2 is 1.95 bits per heavy atom. The van der Waals surface area contributed by atoms with E-state index in [4.69, 9.17) is 16.7 Å². The zero-order valence-electron chi connectivity index (χ0n) is 11.5. The smallest absolute Gasteiger partial charge is 0.306 e. The molecule has 3 rings (SSSR count). The molecular weight excluding hydrogens is 274 g/mol. The molecule has 1 heterocycles. The molecular formula is C16H20ClNO2. The molecule has 2 atom stereocenters. The van der Waals surface area contributed by atoms with Crippen molar-refractivity contribution in [3.05, 3.63) is 34.3 Å². The second-order valence-electron chi connectivity index (χ2n) is 6.02. The van der Waals surface area contributed by atoms with E-state index >= 15 is 0 Å². The van der Waals surface area contributed by atoms with Crippen LogP contribution in [0.1, 0.15) is 43.2 Å². The minimum atomic E-state index is -0.623. The van der Waals surface area contributed by atoms with Crippen LogP contribution in [0.4, 0.5) is 0 Å². The van der Waals surface area contributed by atoms with Gasteiger partial charge < -0.3 is 5.11 Å². The third-order valence-electron chi connectivity index (χ3n) is 4.72. The molecule has 0 saturated heterocycles. The van der Waals surface area contributed by atoms with Gasteiger partial charge in [0.25, 0.3) is 0 Å². The van der Waals surface area contributed by atoms with E-state index in [0.717, 1.165) is 50.2 Å². The molecule has 1 fully saturated rings. The molecule has 1 aliphatic carbocycles. The number of rotatable bonds is 2. The first-order chi connectivity index (χ1) is 9.63. The lowest BCUT2D eigenvalue weighted by molar-refractivity contribution is -0.142. The summed E-state index contributed by atoms with van der Waals surface area (Å²) in [7, 11) is 0. The highest BCUT2D eigenvalue weighted by Gasteiger charge is 2.30. The molecule has 1 saturated carbocycles. The Morgan fingerprint density at radius 1 is 1.15 bits per heavy atom. The van der Waals surface area contributed by atoms with Crippen molar-refractivity contribution < 1.29 is 9.90 Å². The summed E-state index contributed by atoms with van der Waals surface area (Å²) in [5.74, 6) is -0.762. The molecule has 1 aromatic carbocycles. The molecule has 108 valence electrons. The fourth-order valence-corrected chi connectivity index (χ4v) is 3.74. The monoisotopic (exact) mass is 293 g/mol. The SMILES string of the molecule is O=C(O)C1CCCC(N2Cc3ccc(Cl)cc3C2)CC1. The van der Waals surface area contributed by atoms with Crippen LogP contribution in [0.2, 0.25) is 5.02 Å². The van der Waals surface area contributed by atoms with Crippen LogP contribution in [0.3, 0.4) is 0 Å². The van der Waals surface area contributed by atoms with E-state index in [1.165, 1.54) is 11.1 Å². The standard InChI is InChI=1S/C16H20ClNO2/c17-14-6-4-12-9-18(10-13(12)8-14)15-3-1-2-11(5-7-15)16(19)20/h4,6,8,11,15H,1-3,5,7,9-10H2,(H,19,20). The van der Waals surface area contributed by atoms with Gasteiger partial charge in [0.1, 0.15) is 0 Å². The maximum atomic E-state index is 11.1. The molecule has 1 N–H and O–H groups in total. The maximum absolute atomic E-state index is 11.1. The summed E-state index contributed by atoms with van der Waals surface area (Å²) in [6.45, 7) is 1.94. The van der Waals surface area contributed by atoms with Gasteiger partial charge in [-0.3, -0.25) is 9.69 Å². The van der Waals surface area contributed by atoms with Crippen molar-refractivity contribution in [1.82, 2.24) is 4.90 Å². The molecule has 1 aliphatic heterocycles. The molecule has 1 aromatic rings. The third-order valence-corrected chi connectivity index (χ3v) is 4.95. The number of hydrogen-bond acceptors (Lipinski definition) is 2. The predicted octanol–water partition coefficient (Wildman–Crippen LogP) is 3.69. The lowest BCUT2D eigenvalue weighted by atomic mass is 10.0. The number of aliphatic carboxylic acids is 1. The van der Waals surface area contributed by atoms with E-state index in [9.17, 15) is 4.79 Å². The van der Waals surface area contributed by atoms with Gasteiger partial charge >= 0.3 is 5.97 Å². The second-order valence-corrected chi connectivity index (χ2v) is 6.45. The molecule has 2 unspecified atom stereocenters. The summed E-state index contributed by atoms with van der Waals surface area (Å²) in [6.07, 6.45) is 4.78. The van der Waals surface area contributed by atoms with Crippen molar-refractivity contribution in [3.8, 4) is 0 Å². The normalized spacial score (nSPS) is 27.1. The van der Waals surface area contributed by atoms with Crippen LogP contribution in [0, 0.1) is 5.92 Å². The first kappa shape index (κ1) is 13.9. The first-order valence-electron chi connectivity index (χ1n) is 7.37. The number of carbonyl (C=O) groups is 1. The number of carboxylic acid groups (broad SMARTS) is 1. The molecule has 0 amide bonds. The van der Waals surface area contributed by atoms with Gasteiger partial charge in [-0.1, -0.05) is 24.1 Å². The molecule has 2 aliphatic rings. The fraction of sp³-hybridized carbons (Fsp3) is 0.562. The van der Waals surface area contributed by atoms with Crippen molar-refractivity contribution in [1.29, 1.82) is 0 Å². The van der Waals surface area contributed by atoms with Crippen LogP contribution < -0.4 is 0 Å². The van der Waals surface area contributed by atoms with Gasteiger partial charge in [0.2, 0.25) is 0 Å². The average Bonchev–Trinajstić information content (AvgIpc) is 2.67. The van der Waals surface area contributed by atoms with Crippen LogP contribution in [0.25, 0.3) is 0 Å². The van der Waals surface area contributed by atoms with Crippen LogP contribution in [-0.4, -0.2) is 22.0 Å². The van der Waals surface area contributed by atoms with Gasteiger partial charge in [-0.15, -0.1) is 0 Å². The van der Waals surface area contributed by atoms with E-state index < -0.39 is 5.97 Å². The van der Waals surface area contributed by atoms with E-state index in [-0.39, 0.29) is 5.92 Å². The Bertz CT molecular complexity index is 517. The topological polar surface area (TPSA) is 40.5 Å². The molecule has 0 radical (unpaired) electrons. The number of hydrogen-bond donors (Lipinski definition) is 1. The van der Waals surface area contributed by atoms with Crippen molar-refractivity contribution in [2.24, 2.45) is 5.92 Å². The predicted molar refractivity (Wildman–Crippen MR) is 78.7 cm³/mol. The fourth-order valence-electron chi connectivity index (χ4n) is 3.54. The summed E-state index contributed by atoms with van der Waals surface area (Å²) in [5, 5.41) is 9.96. The van der Waals surface area contributed by atoms with Crippen LogP contribution in [0.15, 0.2) is 18.2 Å². The third kappa shape index (κ3) is 2.84. The van der Waals surface area contributed by atoms with E-state index in [1.807, 2.05) is 6.07 Å². The summed E-state index contributed by atoms with van der Waals surface area (Å²) < 4.78 is 0. The quantitative estimate of drug-likeness (QED) is 0.846. The Labute approximate surface area is 124 Å². The van der Waals surface area contributed by atoms with Crippen molar-refractivity contribution in [3.63, 3.8) is 0 Å². The molecule has 0 bridgehead atoms. The maximum Gasteiger partial charge on any atom is 0.306 e. The van der Waals surface area contributed by atoms with Gasteiger partial charge in [-0.05, 0) is 48.9 Å². The van der Waals surface area contributed by atoms with Crippen LogP contribution in [-0.2, 0) is 17.9 Å². The van der Waals surface area contributed by atoms with Crippen molar-refractivity contribution in [2.75, 3.05) is 0 Å². The molecule has 0 spiro atoms. The van der Waals surface area contributed by atoms with Gasteiger partial charge in [0.15, 0.2) is 0 Å². The van der Waals surface area contributed by atoms with Crippen LogP contribution in [0.5, 0.6) is 0 Å². The van der Waals surface area contributed by atoms with Gasteiger partial charge in [-0.25, -0.2) is 0 Å². The Balaban J connectivity index is 1.65. The number of halogens is 1. The number of fused-ring (bicyclic) bond motifs is 1. The minimum Gasteiger partial charge on any atom is -0.481 e. The highest BCUT2D eigenvalue weighted by Crippen LogP contribution is 2.33. The molecule has 3 nitrogen and oxygen atoms in total. The Hall–Kier alpha value is -1.06. The first-order valence-corrected chi connectivity index (χ1v) is 7.75. The molecule has 20 heavy (non-hydrogen) atoms. The van der Waals surface area contributed by atoms with Gasteiger partial charge in [0.05, 0.1) is 5.92 Å². The minimum absolute atomic E-state index is 0.139. The summed E-state index contributed by atoms with van der Waals surface area (Å²) in [5.41, 5.74) is 2.70. The Morgan fingerprint density at radius 3 is 2.75 bits per heavy atom. The van der Waals surface area contributed by atoms with E-state index in [1.54, 1.807) is 0 Å². The summed E-state index contributed by atoms with van der Waals surface area (Å²) >= 11 is 6.05. The Kier molecular flexibility index (Phi) is 3.99. The summed E-state index contributed by atoms with van der Waals surface area (Å²) in [4.78, 5) is 13.6.